The summed E-state index contributed by atoms with van der Waals surface area (Å²) in [6.07, 6.45) is -0.555. The number of aliphatic hydroxyl groups is 1. The second kappa shape index (κ2) is 3.56. The molecule has 0 saturated carbocycles. The van der Waals surface area contributed by atoms with Crippen LogP contribution >= 0.6 is 0 Å². The Kier molecular flexibility index (Phi) is 2.40. The van der Waals surface area contributed by atoms with Gasteiger partial charge in [-0.05, 0) is 29.2 Å². The van der Waals surface area contributed by atoms with Crippen molar-refractivity contribution < 1.29 is 9.84 Å². The third kappa shape index (κ3) is 1.59. The second-order valence-corrected chi connectivity index (χ2v) is 3.77. The van der Waals surface area contributed by atoms with Gasteiger partial charge in [0.1, 0.15) is 0 Å². The molecule has 1 aromatic carbocycles. The minimum absolute atomic E-state index is 0.555. The summed E-state index contributed by atoms with van der Waals surface area (Å²) in [6, 6.07) is 5.96. The Balaban J connectivity index is 2.33. The fourth-order valence-electron chi connectivity index (χ4n) is 1.65. The molecular formula is C12H14O2. The molecule has 0 aliphatic carbocycles. The van der Waals surface area contributed by atoms with Crippen LogP contribution in [-0.4, -0.2) is 5.11 Å². The molecule has 74 valence electrons. The van der Waals surface area contributed by atoms with Crippen LogP contribution in [0.25, 0.3) is 0 Å². The highest BCUT2D eigenvalue weighted by atomic mass is 16.5. The van der Waals surface area contributed by atoms with Crippen molar-refractivity contribution in [3.8, 4) is 0 Å². The molecule has 1 atom stereocenters. The number of fused-ring (bicyclic) bond motifs is 1. The molecule has 1 aromatic rings. The molecule has 0 spiro atoms. The van der Waals surface area contributed by atoms with E-state index in [0.717, 1.165) is 11.1 Å². The molecule has 0 saturated heterocycles. The van der Waals surface area contributed by atoms with Gasteiger partial charge in [0.25, 0.3) is 0 Å². The first-order valence-corrected chi connectivity index (χ1v) is 4.71. The molecule has 1 heterocycles. The van der Waals surface area contributed by atoms with E-state index in [1.54, 1.807) is 0 Å². The molecule has 2 heteroatoms. The second-order valence-electron chi connectivity index (χ2n) is 3.77. The van der Waals surface area contributed by atoms with Gasteiger partial charge in [-0.1, -0.05) is 24.8 Å². The molecule has 1 N–H and O–H groups in total. The van der Waals surface area contributed by atoms with Gasteiger partial charge in [-0.3, -0.25) is 0 Å². The predicted octanol–water partition coefficient (Wildman–Crippen LogP) is 2.33. The van der Waals surface area contributed by atoms with E-state index in [1.807, 2.05) is 25.1 Å². The third-order valence-corrected chi connectivity index (χ3v) is 2.53. The van der Waals surface area contributed by atoms with Crippen molar-refractivity contribution in [1.82, 2.24) is 0 Å². The molecule has 0 aromatic heterocycles. The van der Waals surface area contributed by atoms with Crippen LogP contribution in [0.4, 0.5) is 0 Å². The Labute approximate surface area is 83.8 Å². The van der Waals surface area contributed by atoms with E-state index >= 15 is 0 Å². The molecule has 2 nitrogen and oxygen atoms in total. The summed E-state index contributed by atoms with van der Waals surface area (Å²) in [6.45, 7) is 6.92. The van der Waals surface area contributed by atoms with E-state index in [2.05, 4.69) is 6.58 Å². The van der Waals surface area contributed by atoms with Crippen LogP contribution < -0.4 is 0 Å². The van der Waals surface area contributed by atoms with E-state index in [-0.39, 0.29) is 0 Å². The van der Waals surface area contributed by atoms with Gasteiger partial charge in [0.15, 0.2) is 0 Å². The first kappa shape index (κ1) is 9.44. The molecular weight excluding hydrogens is 176 g/mol. The van der Waals surface area contributed by atoms with Gasteiger partial charge in [0, 0.05) is 0 Å². The maximum atomic E-state index is 9.79. The molecule has 1 aliphatic rings. The van der Waals surface area contributed by atoms with E-state index in [0.29, 0.717) is 13.2 Å². The normalized spacial score (nSPS) is 16.4. The van der Waals surface area contributed by atoms with Gasteiger partial charge in [-0.25, -0.2) is 0 Å². The number of benzene rings is 1. The number of hydrogen-bond donors (Lipinski definition) is 1. The van der Waals surface area contributed by atoms with E-state index in [4.69, 9.17) is 4.74 Å². The monoisotopic (exact) mass is 190 g/mol. The van der Waals surface area contributed by atoms with Crippen molar-refractivity contribution in [2.24, 2.45) is 0 Å². The number of aliphatic hydroxyl groups excluding tert-OH is 1. The van der Waals surface area contributed by atoms with Crippen LogP contribution in [0.1, 0.15) is 29.7 Å². The van der Waals surface area contributed by atoms with E-state index < -0.39 is 6.10 Å². The smallest absolute Gasteiger partial charge is 0.0995 e. The largest absolute Gasteiger partial charge is 0.384 e. The maximum absolute atomic E-state index is 9.79. The van der Waals surface area contributed by atoms with Gasteiger partial charge in [-0.2, -0.15) is 0 Å². The lowest BCUT2D eigenvalue weighted by atomic mass is 9.99. The summed E-state index contributed by atoms with van der Waals surface area (Å²) in [5.74, 6) is 0. The summed E-state index contributed by atoms with van der Waals surface area (Å²) in [7, 11) is 0. The van der Waals surface area contributed by atoms with Crippen LogP contribution in [0.15, 0.2) is 30.4 Å². The highest BCUT2D eigenvalue weighted by molar-refractivity contribution is 5.36. The van der Waals surface area contributed by atoms with Crippen LogP contribution in [0.3, 0.4) is 0 Å². The standard InChI is InChI=1S/C12H14O2/c1-8(2)12(13)9-3-4-10-6-14-7-11(10)5-9/h3-5,12-13H,1,6-7H2,2H3. The molecule has 0 amide bonds. The highest BCUT2D eigenvalue weighted by Gasteiger charge is 2.14. The zero-order valence-electron chi connectivity index (χ0n) is 8.29. The summed E-state index contributed by atoms with van der Waals surface area (Å²) >= 11 is 0. The zero-order valence-corrected chi connectivity index (χ0v) is 8.29. The SMILES string of the molecule is C=C(C)C(O)c1ccc2c(c1)COC2. The Morgan fingerprint density at radius 1 is 1.43 bits per heavy atom. The molecule has 2 rings (SSSR count). The lowest BCUT2D eigenvalue weighted by Crippen LogP contribution is -1.99. The highest BCUT2D eigenvalue weighted by Crippen LogP contribution is 2.26. The molecule has 14 heavy (non-hydrogen) atoms. The lowest BCUT2D eigenvalue weighted by molar-refractivity contribution is 0.134. The van der Waals surface area contributed by atoms with Gasteiger partial charge in [0.2, 0.25) is 0 Å². The number of rotatable bonds is 2. The van der Waals surface area contributed by atoms with Crippen molar-refractivity contribution in [2.45, 2.75) is 26.2 Å². The summed E-state index contributed by atoms with van der Waals surface area (Å²) in [4.78, 5) is 0. The van der Waals surface area contributed by atoms with Crippen molar-refractivity contribution in [2.75, 3.05) is 0 Å². The van der Waals surface area contributed by atoms with Crippen molar-refractivity contribution in [3.05, 3.63) is 47.0 Å². The molecule has 0 fully saturated rings. The van der Waals surface area contributed by atoms with Crippen molar-refractivity contribution >= 4 is 0 Å². The molecule has 1 aliphatic heterocycles. The molecule has 1 unspecified atom stereocenters. The fraction of sp³-hybridized carbons (Fsp3) is 0.333. The van der Waals surface area contributed by atoms with E-state index in [9.17, 15) is 5.11 Å². The van der Waals surface area contributed by atoms with Crippen LogP contribution in [-0.2, 0) is 18.0 Å². The predicted molar refractivity (Wildman–Crippen MR) is 54.7 cm³/mol. The lowest BCUT2D eigenvalue weighted by Gasteiger charge is -2.11. The topological polar surface area (TPSA) is 29.5 Å². The average molecular weight is 190 g/mol. The van der Waals surface area contributed by atoms with Crippen LogP contribution in [0, 0.1) is 0 Å². The average Bonchev–Trinajstić information content (AvgIpc) is 2.62. The van der Waals surface area contributed by atoms with Crippen LogP contribution in [0.5, 0.6) is 0 Å². The Bertz CT molecular complexity index is 369. The molecule has 0 bridgehead atoms. The quantitative estimate of drug-likeness (QED) is 0.725. The van der Waals surface area contributed by atoms with Crippen molar-refractivity contribution in [3.63, 3.8) is 0 Å². The van der Waals surface area contributed by atoms with Crippen LogP contribution in [0.2, 0.25) is 0 Å². The van der Waals surface area contributed by atoms with Crippen molar-refractivity contribution in [1.29, 1.82) is 0 Å². The summed E-state index contributed by atoms with van der Waals surface area (Å²) in [5.41, 5.74) is 4.08. The third-order valence-electron chi connectivity index (χ3n) is 2.53. The minimum atomic E-state index is -0.555. The maximum Gasteiger partial charge on any atom is 0.0995 e. The number of hydrogen-bond acceptors (Lipinski definition) is 2. The Morgan fingerprint density at radius 2 is 2.14 bits per heavy atom. The zero-order chi connectivity index (χ0) is 10.1. The Morgan fingerprint density at radius 3 is 2.86 bits per heavy atom. The minimum Gasteiger partial charge on any atom is -0.384 e. The van der Waals surface area contributed by atoms with Gasteiger partial charge < -0.3 is 9.84 Å². The van der Waals surface area contributed by atoms with Gasteiger partial charge >= 0.3 is 0 Å². The first-order valence-electron chi connectivity index (χ1n) is 4.71. The number of ether oxygens (including phenoxy) is 1. The summed E-state index contributed by atoms with van der Waals surface area (Å²) < 4.78 is 5.31. The van der Waals surface area contributed by atoms with Gasteiger partial charge in [-0.15, -0.1) is 0 Å². The fourth-order valence-corrected chi connectivity index (χ4v) is 1.65. The van der Waals surface area contributed by atoms with E-state index in [1.165, 1.54) is 11.1 Å². The molecule has 0 radical (unpaired) electrons. The van der Waals surface area contributed by atoms with Gasteiger partial charge in [0.05, 0.1) is 19.3 Å². The summed E-state index contributed by atoms with van der Waals surface area (Å²) in [5, 5.41) is 9.79. The first-order chi connectivity index (χ1) is 6.68. The Hall–Kier alpha value is -1.12.